The van der Waals surface area contributed by atoms with E-state index in [1.807, 2.05) is 0 Å². The molecule has 9 nitrogen and oxygen atoms in total. The van der Waals surface area contributed by atoms with Crippen LogP contribution in [0.25, 0.3) is 0 Å². The van der Waals surface area contributed by atoms with Gasteiger partial charge in [0.2, 0.25) is 0 Å². The van der Waals surface area contributed by atoms with Crippen LogP contribution in [0.4, 0.5) is 5.69 Å². The average molecular weight is 343 g/mol. The predicted molar refractivity (Wildman–Crippen MR) is 87.7 cm³/mol. The molecule has 0 saturated heterocycles. The van der Waals surface area contributed by atoms with Gasteiger partial charge in [-0.05, 0) is 32.0 Å². The van der Waals surface area contributed by atoms with Crippen molar-refractivity contribution in [3.8, 4) is 11.5 Å². The van der Waals surface area contributed by atoms with Gasteiger partial charge in [-0.1, -0.05) is 0 Å². The number of nitrogens with zero attached hydrogens (tertiary/aromatic N) is 3. The van der Waals surface area contributed by atoms with Gasteiger partial charge in [0.05, 0.1) is 23.3 Å². The van der Waals surface area contributed by atoms with Gasteiger partial charge in [-0.2, -0.15) is 5.10 Å². The van der Waals surface area contributed by atoms with Crippen LogP contribution < -0.4 is 15.3 Å². The summed E-state index contributed by atoms with van der Waals surface area (Å²) in [6, 6.07) is 5.66. The normalized spacial score (nSPS) is 10.6. The number of hydrogen-bond acceptors (Lipinski definition) is 7. The molecular weight excluding hydrogens is 328 g/mol. The number of carbonyl (C=O) groups is 1. The highest BCUT2D eigenvalue weighted by Crippen LogP contribution is 2.34. The number of pyridine rings is 1. The zero-order valence-corrected chi connectivity index (χ0v) is 13.6. The highest BCUT2D eigenvalue weighted by atomic mass is 16.6. The Morgan fingerprint density at radius 1 is 1.44 bits per heavy atom. The maximum Gasteiger partial charge on any atom is 0.272 e. The van der Waals surface area contributed by atoms with Crippen molar-refractivity contribution in [1.29, 1.82) is 0 Å². The summed E-state index contributed by atoms with van der Waals surface area (Å²) in [7, 11) is 0. The third-order valence-electron chi connectivity index (χ3n) is 3.11. The first kappa shape index (κ1) is 17.9. The van der Waals surface area contributed by atoms with E-state index in [0.717, 1.165) is 11.8 Å². The molecule has 0 fully saturated rings. The van der Waals surface area contributed by atoms with E-state index in [0.29, 0.717) is 5.56 Å². The van der Waals surface area contributed by atoms with E-state index in [9.17, 15) is 20.0 Å². The summed E-state index contributed by atoms with van der Waals surface area (Å²) in [6.07, 6.45) is 2.60. The number of carbonyl (C=O) groups excluding carboxylic acids is 1. The molecule has 0 aliphatic carbocycles. The molecule has 0 aliphatic heterocycles. The van der Waals surface area contributed by atoms with Gasteiger partial charge in [0.15, 0.2) is 0 Å². The fourth-order valence-electron chi connectivity index (χ4n) is 1.91. The first-order valence-corrected chi connectivity index (χ1v) is 7.30. The van der Waals surface area contributed by atoms with Crippen LogP contribution >= 0.6 is 0 Å². The Balaban J connectivity index is 2.18. The van der Waals surface area contributed by atoms with E-state index >= 15 is 0 Å². The molecule has 0 spiro atoms. The van der Waals surface area contributed by atoms with Gasteiger partial charge >= 0.3 is 0 Å². The number of hydrazone groups is 1. The zero-order valence-electron chi connectivity index (χ0n) is 13.6. The van der Waals surface area contributed by atoms with E-state index in [1.54, 1.807) is 26.0 Å². The van der Waals surface area contributed by atoms with Crippen molar-refractivity contribution in [2.75, 3.05) is 6.61 Å². The molecule has 1 N–H and O–H groups in total. The number of rotatable bonds is 6. The molecule has 1 aromatic heterocycles. The van der Waals surface area contributed by atoms with E-state index < -0.39 is 22.3 Å². The van der Waals surface area contributed by atoms with Crippen LogP contribution in [0.5, 0.6) is 11.5 Å². The van der Waals surface area contributed by atoms with Gasteiger partial charge < -0.3 is 9.84 Å². The van der Waals surface area contributed by atoms with Gasteiger partial charge in [-0.25, -0.2) is 5.43 Å². The molecule has 9 heteroatoms. The van der Waals surface area contributed by atoms with Crippen LogP contribution in [0.3, 0.4) is 0 Å². The second kappa shape index (κ2) is 7.86. The second-order valence-corrected chi connectivity index (χ2v) is 4.94. The highest BCUT2D eigenvalue weighted by Gasteiger charge is 2.13. The molecule has 0 aliphatic rings. The van der Waals surface area contributed by atoms with E-state index in [4.69, 9.17) is 4.74 Å². The molecule has 0 atom stereocenters. The number of ether oxygens (including phenoxy) is 1. The number of aryl methyl sites for hydroxylation is 1. The van der Waals surface area contributed by atoms with Crippen LogP contribution in [0.1, 0.15) is 28.5 Å². The number of aromatic nitrogens is 1. The van der Waals surface area contributed by atoms with Crippen LogP contribution in [0.2, 0.25) is 0 Å². The lowest BCUT2D eigenvalue weighted by Gasteiger charge is -2.14. The Morgan fingerprint density at radius 2 is 2.20 bits per heavy atom. The third kappa shape index (κ3) is 4.50. The molecule has 130 valence electrons. The standard InChI is InChI=1S/C16H16N4O5/c1-3-25-14-7-11(6-13(15(14)21)20(23)24)8-18-19-16(22)12-5-4-10(2)17-9-12/h4-9,21H,3H2,1-2H3,(H,19,22)/p-1/b18-8-. The molecule has 1 heterocycles. The predicted octanol–water partition coefficient (Wildman–Crippen LogP) is 1.53. The maximum absolute atomic E-state index is 11.9. The topological polar surface area (TPSA) is 130 Å². The van der Waals surface area contributed by atoms with Crippen LogP contribution in [0.15, 0.2) is 35.6 Å². The molecule has 25 heavy (non-hydrogen) atoms. The molecular formula is C16H15N4O5-. The molecule has 0 unspecified atom stereocenters. The number of nitrogens with one attached hydrogen (secondary N) is 1. The number of benzene rings is 1. The Morgan fingerprint density at radius 3 is 2.80 bits per heavy atom. The number of amides is 1. The number of hydrogen-bond donors (Lipinski definition) is 1. The smallest absolute Gasteiger partial charge is 0.272 e. The van der Waals surface area contributed by atoms with Crippen LogP contribution in [-0.2, 0) is 0 Å². The summed E-state index contributed by atoms with van der Waals surface area (Å²) in [6.45, 7) is 3.63. The Labute approximate surface area is 143 Å². The zero-order chi connectivity index (χ0) is 18.4. The van der Waals surface area contributed by atoms with Gasteiger partial charge in [-0.15, -0.1) is 0 Å². The summed E-state index contributed by atoms with van der Waals surface area (Å²) in [5.74, 6) is -1.44. The quantitative estimate of drug-likeness (QED) is 0.481. The van der Waals surface area contributed by atoms with Gasteiger partial charge in [0.1, 0.15) is 5.75 Å². The molecule has 1 amide bonds. The first-order chi connectivity index (χ1) is 11.9. The monoisotopic (exact) mass is 343 g/mol. The lowest BCUT2D eigenvalue weighted by atomic mass is 10.2. The van der Waals surface area contributed by atoms with Crippen molar-refractivity contribution >= 4 is 17.8 Å². The van der Waals surface area contributed by atoms with Gasteiger partial charge in [0, 0.05) is 29.3 Å². The van der Waals surface area contributed by atoms with E-state index in [-0.39, 0.29) is 17.9 Å². The van der Waals surface area contributed by atoms with Gasteiger partial charge in [0.25, 0.3) is 11.6 Å². The van der Waals surface area contributed by atoms with E-state index in [1.165, 1.54) is 18.5 Å². The largest absolute Gasteiger partial charge is 0.865 e. The molecule has 2 aromatic rings. The molecule has 0 radical (unpaired) electrons. The minimum absolute atomic E-state index is 0.146. The first-order valence-electron chi connectivity index (χ1n) is 7.30. The van der Waals surface area contributed by atoms with Gasteiger partial charge in [-0.3, -0.25) is 19.9 Å². The minimum atomic E-state index is -0.807. The van der Waals surface area contributed by atoms with E-state index in [2.05, 4.69) is 15.5 Å². The fraction of sp³-hybridized carbons (Fsp3) is 0.188. The van der Waals surface area contributed by atoms with Crippen LogP contribution in [0, 0.1) is 17.0 Å². The van der Waals surface area contributed by atoms with Crippen molar-refractivity contribution in [3.63, 3.8) is 0 Å². The summed E-state index contributed by atoms with van der Waals surface area (Å²) < 4.78 is 5.10. The SMILES string of the molecule is CCOc1cc(/C=N\NC(=O)c2ccc(C)nc2)cc([N+](=O)[O-])c1[O-]. The Kier molecular flexibility index (Phi) is 5.62. The molecule has 2 rings (SSSR count). The fourth-order valence-corrected chi connectivity index (χ4v) is 1.91. The lowest BCUT2D eigenvalue weighted by molar-refractivity contribution is -0.398. The minimum Gasteiger partial charge on any atom is -0.865 e. The highest BCUT2D eigenvalue weighted by molar-refractivity contribution is 5.94. The van der Waals surface area contributed by atoms with Crippen molar-refractivity contribution in [2.45, 2.75) is 13.8 Å². The summed E-state index contributed by atoms with van der Waals surface area (Å²) >= 11 is 0. The second-order valence-electron chi connectivity index (χ2n) is 4.94. The Hall–Kier alpha value is -3.49. The maximum atomic E-state index is 11.9. The van der Waals surface area contributed by atoms with Crippen molar-refractivity contribution in [1.82, 2.24) is 10.4 Å². The summed E-state index contributed by atoms with van der Waals surface area (Å²) in [4.78, 5) is 26.1. The summed E-state index contributed by atoms with van der Waals surface area (Å²) in [5, 5.41) is 26.6. The third-order valence-corrected chi connectivity index (χ3v) is 3.11. The molecule has 0 bridgehead atoms. The summed E-state index contributed by atoms with van der Waals surface area (Å²) in [5.41, 5.74) is 3.00. The lowest BCUT2D eigenvalue weighted by Crippen LogP contribution is -2.17. The molecule has 1 aromatic carbocycles. The van der Waals surface area contributed by atoms with Crippen molar-refractivity contribution < 1.29 is 19.6 Å². The molecule has 0 saturated carbocycles. The average Bonchev–Trinajstić information content (AvgIpc) is 2.58. The number of nitro groups is 1. The van der Waals surface area contributed by atoms with Crippen LogP contribution in [-0.4, -0.2) is 28.6 Å². The number of nitro benzene ring substituents is 1. The van der Waals surface area contributed by atoms with Crippen molar-refractivity contribution in [3.05, 3.63) is 57.4 Å². The van der Waals surface area contributed by atoms with Crippen molar-refractivity contribution in [2.24, 2.45) is 5.10 Å². The Bertz CT molecular complexity index is 818.